The molecule has 1 aliphatic rings. The number of nitrogens with zero attached hydrogens (tertiary/aromatic N) is 2. The first kappa shape index (κ1) is 17.2. The number of para-hydroxylation sites is 1. The van der Waals surface area contributed by atoms with E-state index in [1.807, 2.05) is 25.1 Å². The monoisotopic (exact) mass is 346 g/mol. The molecule has 0 N–H and O–H groups in total. The molecule has 1 heterocycles. The molecule has 124 valence electrons. The van der Waals surface area contributed by atoms with Crippen molar-refractivity contribution in [2.75, 3.05) is 29.9 Å². The molecule has 2 rings (SSSR count). The Balaban J connectivity index is 2.12. The van der Waals surface area contributed by atoms with Crippen LogP contribution in [0.5, 0.6) is 0 Å². The van der Waals surface area contributed by atoms with Gasteiger partial charge in [-0.3, -0.25) is 4.31 Å². The van der Waals surface area contributed by atoms with Gasteiger partial charge in [-0.25, -0.2) is 21.1 Å². The summed E-state index contributed by atoms with van der Waals surface area (Å²) >= 11 is 0. The lowest BCUT2D eigenvalue weighted by molar-refractivity contribution is 0.519. The van der Waals surface area contributed by atoms with E-state index >= 15 is 0 Å². The lowest BCUT2D eigenvalue weighted by atomic mass is 10.1. The van der Waals surface area contributed by atoms with Crippen molar-refractivity contribution in [2.24, 2.45) is 0 Å². The average molecular weight is 346 g/mol. The highest BCUT2D eigenvalue weighted by Gasteiger charge is 2.34. The fraction of sp³-hybridized carbons (Fsp3) is 0.571. The zero-order chi connectivity index (χ0) is 16.5. The third-order valence-electron chi connectivity index (χ3n) is 3.81. The van der Waals surface area contributed by atoms with E-state index in [9.17, 15) is 16.8 Å². The first-order valence-electron chi connectivity index (χ1n) is 7.15. The van der Waals surface area contributed by atoms with E-state index in [0.29, 0.717) is 12.1 Å². The normalized spacial score (nSPS) is 18.7. The van der Waals surface area contributed by atoms with Gasteiger partial charge in [0, 0.05) is 20.1 Å². The van der Waals surface area contributed by atoms with Crippen LogP contribution >= 0.6 is 0 Å². The van der Waals surface area contributed by atoms with E-state index < -0.39 is 20.0 Å². The lowest BCUT2D eigenvalue weighted by Gasteiger charge is -2.24. The molecule has 0 aromatic heterocycles. The summed E-state index contributed by atoms with van der Waals surface area (Å²) in [6.07, 6.45) is 0.777. The van der Waals surface area contributed by atoms with E-state index in [0.717, 1.165) is 9.87 Å². The maximum absolute atomic E-state index is 12.6. The van der Waals surface area contributed by atoms with Crippen LogP contribution in [0, 0.1) is 0 Å². The topological polar surface area (TPSA) is 74.8 Å². The number of hydrogen-bond donors (Lipinski definition) is 0. The smallest absolute Gasteiger partial charge is 0.235 e. The Labute approximate surface area is 132 Å². The van der Waals surface area contributed by atoms with Crippen molar-refractivity contribution in [2.45, 2.75) is 25.8 Å². The van der Waals surface area contributed by atoms with Crippen LogP contribution < -0.4 is 4.31 Å². The quantitative estimate of drug-likeness (QED) is 0.772. The molecule has 1 aromatic rings. The SMILES string of the molecule is C[C@@H]1Cc2ccccc2N1S(=O)(=O)CCCS(=O)(=O)N(C)C. The third-order valence-corrected chi connectivity index (χ3v) is 7.68. The second-order valence-corrected chi connectivity index (χ2v) is 10.0. The van der Waals surface area contributed by atoms with Gasteiger partial charge in [0.1, 0.15) is 0 Å². The largest absolute Gasteiger partial charge is 0.267 e. The van der Waals surface area contributed by atoms with Gasteiger partial charge in [-0.15, -0.1) is 0 Å². The number of benzene rings is 1. The minimum atomic E-state index is -3.52. The van der Waals surface area contributed by atoms with Crippen molar-refractivity contribution in [3.8, 4) is 0 Å². The van der Waals surface area contributed by atoms with Gasteiger partial charge in [0.2, 0.25) is 20.0 Å². The summed E-state index contributed by atoms with van der Waals surface area (Å²) in [5.41, 5.74) is 1.73. The van der Waals surface area contributed by atoms with Crippen LogP contribution in [-0.2, 0) is 26.5 Å². The van der Waals surface area contributed by atoms with Crippen molar-refractivity contribution in [3.05, 3.63) is 29.8 Å². The van der Waals surface area contributed by atoms with Crippen molar-refractivity contribution in [1.29, 1.82) is 0 Å². The Kier molecular flexibility index (Phi) is 4.84. The van der Waals surface area contributed by atoms with Crippen LogP contribution in [-0.4, -0.2) is 52.8 Å². The van der Waals surface area contributed by atoms with Gasteiger partial charge in [-0.1, -0.05) is 18.2 Å². The molecule has 0 amide bonds. The number of fused-ring (bicyclic) bond motifs is 1. The summed E-state index contributed by atoms with van der Waals surface area (Å²) in [6, 6.07) is 7.30. The Hall–Kier alpha value is -1.12. The molecule has 1 aliphatic heterocycles. The molecule has 6 nitrogen and oxygen atoms in total. The number of rotatable bonds is 6. The second kappa shape index (κ2) is 6.17. The van der Waals surface area contributed by atoms with Crippen LogP contribution in [0.2, 0.25) is 0 Å². The second-order valence-electron chi connectivity index (χ2n) is 5.75. The summed E-state index contributed by atoms with van der Waals surface area (Å²) in [6.45, 7) is 1.87. The van der Waals surface area contributed by atoms with E-state index in [1.165, 1.54) is 18.4 Å². The van der Waals surface area contributed by atoms with E-state index in [1.54, 1.807) is 6.07 Å². The summed E-state index contributed by atoms with van der Waals surface area (Å²) in [5.74, 6) is -0.332. The predicted molar refractivity (Wildman–Crippen MR) is 88.0 cm³/mol. The van der Waals surface area contributed by atoms with Crippen LogP contribution in [0.15, 0.2) is 24.3 Å². The van der Waals surface area contributed by atoms with E-state index in [2.05, 4.69) is 0 Å². The molecule has 1 aromatic carbocycles. The molecule has 8 heteroatoms. The first-order chi connectivity index (χ1) is 10.1. The summed E-state index contributed by atoms with van der Waals surface area (Å²) in [7, 11) is -3.99. The molecule has 0 saturated carbocycles. The zero-order valence-corrected chi connectivity index (χ0v) is 14.7. The Morgan fingerprint density at radius 2 is 1.77 bits per heavy atom. The lowest BCUT2D eigenvalue weighted by Crippen LogP contribution is -2.38. The minimum Gasteiger partial charge on any atom is -0.267 e. The summed E-state index contributed by atoms with van der Waals surface area (Å²) < 4.78 is 51.1. The molecular weight excluding hydrogens is 324 g/mol. The van der Waals surface area contributed by atoms with Crippen molar-refractivity contribution < 1.29 is 16.8 Å². The van der Waals surface area contributed by atoms with Gasteiger partial charge in [-0.2, -0.15) is 0 Å². The molecule has 0 fully saturated rings. The highest BCUT2D eigenvalue weighted by atomic mass is 32.2. The van der Waals surface area contributed by atoms with Gasteiger partial charge >= 0.3 is 0 Å². The fourth-order valence-electron chi connectivity index (χ4n) is 2.67. The molecule has 0 spiro atoms. The number of hydrogen-bond acceptors (Lipinski definition) is 4. The maximum atomic E-state index is 12.6. The Morgan fingerprint density at radius 3 is 2.41 bits per heavy atom. The highest BCUT2D eigenvalue weighted by Crippen LogP contribution is 2.34. The van der Waals surface area contributed by atoms with Gasteiger partial charge < -0.3 is 0 Å². The van der Waals surface area contributed by atoms with E-state index in [-0.39, 0.29) is 24.0 Å². The fourth-order valence-corrected chi connectivity index (χ4v) is 5.53. The van der Waals surface area contributed by atoms with Gasteiger partial charge in [0.25, 0.3) is 0 Å². The molecule has 22 heavy (non-hydrogen) atoms. The Morgan fingerprint density at radius 1 is 1.14 bits per heavy atom. The Bertz CT molecular complexity index is 742. The molecule has 0 saturated heterocycles. The maximum Gasteiger partial charge on any atom is 0.235 e. The molecule has 0 unspecified atom stereocenters. The third kappa shape index (κ3) is 3.44. The molecule has 0 radical (unpaired) electrons. The predicted octanol–water partition coefficient (Wildman–Crippen LogP) is 1.05. The van der Waals surface area contributed by atoms with Crippen LogP contribution in [0.25, 0.3) is 0 Å². The van der Waals surface area contributed by atoms with Crippen LogP contribution in [0.1, 0.15) is 18.9 Å². The molecule has 1 atom stereocenters. The standard InChI is InChI=1S/C14H22N2O4S2/c1-12-11-13-7-4-5-8-14(13)16(12)22(19,20)10-6-9-21(17,18)15(2)3/h4-5,7-8,12H,6,9-11H2,1-3H3/t12-/m1/s1. The average Bonchev–Trinajstić information content (AvgIpc) is 2.74. The van der Waals surface area contributed by atoms with Crippen LogP contribution in [0.4, 0.5) is 5.69 Å². The number of sulfonamides is 2. The van der Waals surface area contributed by atoms with Crippen molar-refractivity contribution in [1.82, 2.24) is 4.31 Å². The number of anilines is 1. The molecule has 0 aliphatic carbocycles. The van der Waals surface area contributed by atoms with Gasteiger partial charge in [-0.05, 0) is 31.4 Å². The minimum absolute atomic E-state index is 0.0915. The highest BCUT2D eigenvalue weighted by molar-refractivity contribution is 7.93. The summed E-state index contributed by atoms with van der Waals surface area (Å²) in [5, 5.41) is 0. The first-order valence-corrected chi connectivity index (χ1v) is 10.4. The zero-order valence-electron chi connectivity index (χ0n) is 13.1. The van der Waals surface area contributed by atoms with Crippen molar-refractivity contribution >= 4 is 25.7 Å². The van der Waals surface area contributed by atoms with Gasteiger partial charge in [0.05, 0.1) is 17.2 Å². The van der Waals surface area contributed by atoms with Gasteiger partial charge in [0.15, 0.2) is 0 Å². The summed E-state index contributed by atoms with van der Waals surface area (Å²) in [4.78, 5) is 0. The van der Waals surface area contributed by atoms with Crippen molar-refractivity contribution in [3.63, 3.8) is 0 Å². The molecule has 0 bridgehead atoms. The van der Waals surface area contributed by atoms with E-state index in [4.69, 9.17) is 0 Å². The van der Waals surface area contributed by atoms with Crippen LogP contribution in [0.3, 0.4) is 0 Å². The molecular formula is C14H22N2O4S2.